The minimum absolute atomic E-state index is 0.360. The Morgan fingerprint density at radius 1 is 0.971 bits per heavy atom. The van der Waals surface area contributed by atoms with Gasteiger partial charge in [-0.15, -0.1) is 0 Å². The van der Waals surface area contributed by atoms with Crippen molar-refractivity contribution >= 4 is 11.0 Å². The second-order valence-electron chi connectivity index (χ2n) is 8.81. The topological polar surface area (TPSA) is 85.9 Å². The van der Waals surface area contributed by atoms with Gasteiger partial charge in [0, 0.05) is 11.3 Å². The molecule has 2 heterocycles. The Hall–Kier alpha value is -4.13. The maximum absolute atomic E-state index is 11.3. The van der Waals surface area contributed by atoms with Gasteiger partial charge in [0.1, 0.15) is 12.1 Å². The van der Waals surface area contributed by atoms with Crippen molar-refractivity contribution in [3.63, 3.8) is 0 Å². The number of hydrogen-bond donors (Lipinski definition) is 1. The van der Waals surface area contributed by atoms with Crippen LogP contribution in [-0.2, 0) is 0 Å². The zero-order valence-corrected chi connectivity index (χ0v) is 18.8. The van der Waals surface area contributed by atoms with Gasteiger partial charge in [-0.1, -0.05) is 23.4 Å². The summed E-state index contributed by atoms with van der Waals surface area (Å²) in [5, 5.41) is 3.78. The molecule has 5 aromatic rings. The van der Waals surface area contributed by atoms with Crippen molar-refractivity contribution in [2.24, 2.45) is 0 Å². The normalized spacial score (nSPS) is 14.1. The molecule has 0 amide bonds. The molecular weight excluding hydrogens is 428 g/mol. The molecule has 0 unspecified atom stereocenters. The molecule has 0 radical (unpaired) electrons. The summed E-state index contributed by atoms with van der Waals surface area (Å²) in [4.78, 5) is 18.4. The van der Waals surface area contributed by atoms with Gasteiger partial charge >= 0.3 is 5.76 Å². The summed E-state index contributed by atoms with van der Waals surface area (Å²) >= 11 is 0. The second kappa shape index (κ2) is 8.33. The number of aromatic nitrogens is 4. The maximum atomic E-state index is 11.3. The first-order valence-electron chi connectivity index (χ1n) is 11.6. The Bertz CT molecular complexity index is 1520. The van der Waals surface area contributed by atoms with Crippen molar-refractivity contribution in [2.75, 3.05) is 0 Å². The first kappa shape index (κ1) is 20.5. The molecule has 1 aliphatic rings. The summed E-state index contributed by atoms with van der Waals surface area (Å²) in [7, 11) is 0. The Balaban J connectivity index is 1.28. The van der Waals surface area contributed by atoms with Crippen molar-refractivity contribution in [2.45, 2.75) is 38.7 Å². The molecule has 0 atom stereocenters. The number of benzene rings is 3. The van der Waals surface area contributed by atoms with E-state index in [4.69, 9.17) is 4.74 Å². The highest BCUT2D eigenvalue weighted by molar-refractivity contribution is 5.82. The molecule has 7 nitrogen and oxygen atoms in total. The van der Waals surface area contributed by atoms with Crippen molar-refractivity contribution < 1.29 is 9.26 Å². The van der Waals surface area contributed by atoms with Crippen LogP contribution in [0, 0.1) is 6.92 Å². The van der Waals surface area contributed by atoms with Crippen molar-refractivity contribution in [1.29, 1.82) is 0 Å². The molecule has 0 saturated heterocycles. The molecule has 0 bridgehead atoms. The van der Waals surface area contributed by atoms with E-state index in [1.165, 1.54) is 12.8 Å². The summed E-state index contributed by atoms with van der Waals surface area (Å²) in [6.45, 7) is 2.11. The van der Waals surface area contributed by atoms with E-state index in [1.54, 1.807) is 6.33 Å². The van der Waals surface area contributed by atoms with E-state index in [9.17, 15) is 4.79 Å². The van der Waals surface area contributed by atoms with Crippen LogP contribution in [0.5, 0.6) is 5.75 Å². The van der Waals surface area contributed by atoms with Gasteiger partial charge in [0.05, 0.1) is 17.1 Å². The van der Waals surface area contributed by atoms with Gasteiger partial charge in [-0.25, -0.2) is 9.78 Å². The van der Waals surface area contributed by atoms with Gasteiger partial charge in [-0.05, 0) is 91.8 Å². The highest BCUT2D eigenvalue weighted by Gasteiger charge is 2.17. The van der Waals surface area contributed by atoms with Crippen LogP contribution in [0.3, 0.4) is 0 Å². The maximum Gasteiger partial charge on any atom is 0.439 e. The molecule has 1 saturated carbocycles. The first-order valence-corrected chi connectivity index (χ1v) is 11.6. The Kier molecular flexibility index (Phi) is 5.02. The standard InChI is InChI=1S/C27H24N4O3/c1-17-14-19(9-13-25(17)33-22-4-2-3-5-22)18-6-10-21(11-7-18)31-16-28-23-12-8-20(15-24(23)31)26-29-27(32)34-30-26/h6-16,22H,2-5H2,1H3,(H,29,30,32). The van der Waals surface area contributed by atoms with Crippen LogP contribution in [0.25, 0.3) is 39.2 Å². The number of fused-ring (bicyclic) bond motifs is 1. The van der Waals surface area contributed by atoms with Crippen molar-refractivity contribution in [3.05, 3.63) is 83.1 Å². The van der Waals surface area contributed by atoms with E-state index in [2.05, 4.69) is 69.0 Å². The van der Waals surface area contributed by atoms with Crippen LogP contribution in [0.15, 0.2) is 76.3 Å². The predicted octanol–water partition coefficient (Wildman–Crippen LogP) is 5.67. The summed E-state index contributed by atoms with van der Waals surface area (Å²) in [6, 6.07) is 20.5. The van der Waals surface area contributed by atoms with E-state index < -0.39 is 5.76 Å². The summed E-state index contributed by atoms with van der Waals surface area (Å²) in [5.41, 5.74) is 6.99. The largest absolute Gasteiger partial charge is 0.490 e. The highest BCUT2D eigenvalue weighted by Crippen LogP contribution is 2.31. The lowest BCUT2D eigenvalue weighted by atomic mass is 10.0. The van der Waals surface area contributed by atoms with E-state index >= 15 is 0 Å². The molecule has 1 N–H and O–H groups in total. The molecule has 1 fully saturated rings. The number of nitrogens with zero attached hydrogens (tertiary/aromatic N) is 3. The van der Waals surface area contributed by atoms with E-state index in [-0.39, 0.29) is 0 Å². The van der Waals surface area contributed by atoms with E-state index in [0.29, 0.717) is 11.9 Å². The van der Waals surface area contributed by atoms with Gasteiger partial charge in [0.2, 0.25) is 0 Å². The minimum atomic E-state index is -0.576. The molecule has 0 aliphatic heterocycles. The monoisotopic (exact) mass is 452 g/mol. The van der Waals surface area contributed by atoms with Crippen LogP contribution >= 0.6 is 0 Å². The highest BCUT2D eigenvalue weighted by atomic mass is 16.5. The van der Waals surface area contributed by atoms with Crippen LogP contribution in [-0.4, -0.2) is 25.8 Å². The molecular formula is C27H24N4O3. The van der Waals surface area contributed by atoms with Crippen LogP contribution in [0.1, 0.15) is 31.2 Å². The van der Waals surface area contributed by atoms with Gasteiger partial charge in [-0.3, -0.25) is 14.1 Å². The number of hydrogen-bond acceptors (Lipinski definition) is 5. The quantitative estimate of drug-likeness (QED) is 0.372. The molecule has 0 spiro atoms. The molecule has 34 heavy (non-hydrogen) atoms. The number of aromatic amines is 1. The predicted molar refractivity (Wildman–Crippen MR) is 130 cm³/mol. The number of ether oxygens (including phenoxy) is 1. The zero-order valence-electron chi connectivity index (χ0n) is 18.8. The van der Waals surface area contributed by atoms with Crippen LogP contribution in [0.2, 0.25) is 0 Å². The lowest BCUT2D eigenvalue weighted by molar-refractivity contribution is 0.208. The number of H-pyrrole nitrogens is 1. The smallest absolute Gasteiger partial charge is 0.439 e. The molecule has 3 aromatic carbocycles. The average Bonchev–Trinajstić information content (AvgIpc) is 3.61. The Morgan fingerprint density at radius 3 is 2.47 bits per heavy atom. The van der Waals surface area contributed by atoms with Crippen molar-refractivity contribution in [1.82, 2.24) is 19.7 Å². The Morgan fingerprint density at radius 2 is 1.74 bits per heavy atom. The van der Waals surface area contributed by atoms with Crippen LogP contribution in [0.4, 0.5) is 0 Å². The van der Waals surface area contributed by atoms with Gasteiger partial charge in [0.25, 0.3) is 0 Å². The molecule has 1 aliphatic carbocycles. The fourth-order valence-corrected chi connectivity index (χ4v) is 4.68. The minimum Gasteiger partial charge on any atom is -0.490 e. The van der Waals surface area contributed by atoms with Gasteiger partial charge in [0.15, 0.2) is 5.82 Å². The SMILES string of the molecule is Cc1cc(-c2ccc(-n3cnc4ccc(-c5noc(=O)[nH]5)cc43)cc2)ccc1OC1CCCC1. The third-order valence-corrected chi connectivity index (χ3v) is 6.51. The molecule has 6 rings (SSSR count). The fourth-order valence-electron chi connectivity index (χ4n) is 4.68. The fraction of sp³-hybridized carbons (Fsp3) is 0.222. The van der Waals surface area contributed by atoms with Crippen molar-refractivity contribution in [3.8, 4) is 34.0 Å². The second-order valence-corrected chi connectivity index (χ2v) is 8.81. The summed E-state index contributed by atoms with van der Waals surface area (Å²) < 4.78 is 12.9. The third-order valence-electron chi connectivity index (χ3n) is 6.51. The average molecular weight is 453 g/mol. The van der Waals surface area contributed by atoms with E-state index in [0.717, 1.165) is 57.6 Å². The van der Waals surface area contributed by atoms with Gasteiger partial charge in [-0.2, -0.15) is 0 Å². The summed E-state index contributed by atoms with van der Waals surface area (Å²) in [6.07, 6.45) is 7.00. The van der Waals surface area contributed by atoms with Crippen LogP contribution < -0.4 is 10.5 Å². The number of nitrogens with one attached hydrogen (secondary N) is 1. The Labute approximate surface area is 196 Å². The molecule has 7 heteroatoms. The molecule has 2 aromatic heterocycles. The molecule has 170 valence electrons. The number of rotatable bonds is 5. The number of imidazole rings is 1. The van der Waals surface area contributed by atoms with E-state index in [1.807, 2.05) is 22.8 Å². The zero-order chi connectivity index (χ0) is 23.1. The third kappa shape index (κ3) is 3.79. The summed E-state index contributed by atoms with van der Waals surface area (Å²) in [5.74, 6) is 0.805. The lowest BCUT2D eigenvalue weighted by Gasteiger charge is -2.16. The van der Waals surface area contributed by atoms with Gasteiger partial charge < -0.3 is 4.74 Å². The first-order chi connectivity index (χ1) is 16.6. The number of aryl methyl sites for hydroxylation is 1. The lowest BCUT2D eigenvalue weighted by Crippen LogP contribution is -2.11.